The van der Waals surface area contributed by atoms with Gasteiger partial charge in [0, 0.05) is 16.0 Å². The molecule has 1 aromatic rings. The molecule has 0 heterocycles. The Morgan fingerprint density at radius 1 is 1.27 bits per heavy atom. The third-order valence-corrected chi connectivity index (χ3v) is 4.11. The molecule has 82 valence electrons. The van der Waals surface area contributed by atoms with Crippen molar-refractivity contribution in [2.75, 3.05) is 0 Å². The zero-order valence-corrected chi connectivity index (χ0v) is 11.5. The highest BCUT2D eigenvalue weighted by Gasteiger charge is 2.20. The molecule has 0 aliphatic carbocycles. The number of hydrogen-bond acceptors (Lipinski definition) is 1. The summed E-state index contributed by atoms with van der Waals surface area (Å²) in [4.78, 5) is 11.0. The van der Waals surface area contributed by atoms with Crippen molar-refractivity contribution in [2.45, 2.75) is 24.6 Å². The molecule has 1 aromatic carbocycles. The molecule has 0 N–H and O–H groups in total. The fourth-order valence-corrected chi connectivity index (χ4v) is 2.21. The van der Waals surface area contributed by atoms with Gasteiger partial charge in [0.15, 0.2) is 0 Å². The van der Waals surface area contributed by atoms with Crippen molar-refractivity contribution >= 4 is 44.9 Å². The Hall–Kier alpha value is -0.0500. The van der Waals surface area contributed by atoms with Gasteiger partial charge in [-0.1, -0.05) is 46.1 Å². The second-order valence-corrected chi connectivity index (χ2v) is 5.36. The van der Waals surface area contributed by atoms with Gasteiger partial charge in [-0.3, -0.25) is 4.79 Å². The van der Waals surface area contributed by atoms with Crippen LogP contribution in [0.4, 0.5) is 0 Å². The van der Waals surface area contributed by atoms with Crippen LogP contribution in [0.15, 0.2) is 18.2 Å². The molecule has 4 heteroatoms. The summed E-state index contributed by atoms with van der Waals surface area (Å²) in [5, 5.41) is 1.18. The van der Waals surface area contributed by atoms with Crippen LogP contribution in [0.25, 0.3) is 0 Å². The number of benzene rings is 1. The lowest BCUT2D eigenvalue weighted by molar-refractivity contribution is -0.116. The molecule has 0 fully saturated rings. The van der Waals surface area contributed by atoms with Gasteiger partial charge in [0.1, 0.15) is 5.78 Å². The Morgan fingerprint density at radius 2 is 1.73 bits per heavy atom. The first-order valence-electron chi connectivity index (χ1n) is 4.52. The molecule has 0 aliphatic rings. The maximum absolute atomic E-state index is 11.2. The minimum atomic E-state index is -0.202. The largest absolute Gasteiger partial charge is 0.299 e. The monoisotopic (exact) mass is 308 g/mol. The van der Waals surface area contributed by atoms with Crippen molar-refractivity contribution in [3.8, 4) is 0 Å². The van der Waals surface area contributed by atoms with Crippen molar-refractivity contribution in [2.24, 2.45) is 0 Å². The van der Waals surface area contributed by atoms with E-state index in [4.69, 9.17) is 23.2 Å². The summed E-state index contributed by atoms with van der Waals surface area (Å²) in [6, 6.07) is 5.33. The molecule has 0 aliphatic heterocycles. The number of halogens is 3. The second kappa shape index (κ2) is 5.33. The molecule has 0 saturated carbocycles. The van der Waals surface area contributed by atoms with Crippen LogP contribution in [0.1, 0.15) is 25.3 Å². The highest BCUT2D eigenvalue weighted by atomic mass is 79.9. The van der Waals surface area contributed by atoms with Gasteiger partial charge in [-0.25, -0.2) is 0 Å². The highest BCUT2D eigenvalue weighted by Crippen LogP contribution is 2.29. The average Bonchev–Trinajstić information content (AvgIpc) is 2.13. The first kappa shape index (κ1) is 13.0. The van der Waals surface area contributed by atoms with Gasteiger partial charge in [-0.2, -0.15) is 0 Å². The zero-order chi connectivity index (χ0) is 11.6. The molecule has 2 atom stereocenters. The van der Waals surface area contributed by atoms with Gasteiger partial charge in [-0.05, 0) is 30.7 Å². The lowest BCUT2D eigenvalue weighted by Crippen LogP contribution is -2.17. The lowest BCUT2D eigenvalue weighted by Gasteiger charge is -2.16. The molecular weight excluding hydrogens is 299 g/mol. The van der Waals surface area contributed by atoms with Gasteiger partial charge in [0.05, 0.1) is 4.83 Å². The maximum atomic E-state index is 11.2. The Labute approximate surface area is 108 Å². The fraction of sp³-hybridized carbons (Fsp3) is 0.364. The van der Waals surface area contributed by atoms with E-state index in [1.54, 1.807) is 13.0 Å². The molecule has 15 heavy (non-hydrogen) atoms. The maximum Gasteiger partial charge on any atom is 0.144 e. The summed E-state index contributed by atoms with van der Waals surface area (Å²) >= 11 is 15.1. The first-order valence-corrected chi connectivity index (χ1v) is 6.19. The molecule has 0 amide bonds. The van der Waals surface area contributed by atoms with Crippen LogP contribution in [0.3, 0.4) is 0 Å². The smallest absolute Gasteiger partial charge is 0.144 e. The Bertz CT molecular complexity index is 359. The Morgan fingerprint density at radius 3 is 2.13 bits per heavy atom. The fourth-order valence-electron chi connectivity index (χ4n) is 1.36. The predicted octanol–water partition coefficient (Wildman–Crippen LogP) is 4.45. The van der Waals surface area contributed by atoms with Crippen LogP contribution in [0.5, 0.6) is 0 Å². The number of alkyl halides is 1. The van der Waals surface area contributed by atoms with E-state index in [0.29, 0.717) is 10.0 Å². The first-order chi connectivity index (χ1) is 6.91. The average molecular weight is 310 g/mol. The van der Waals surface area contributed by atoms with Crippen molar-refractivity contribution < 1.29 is 4.79 Å². The molecule has 0 aromatic heterocycles. The highest BCUT2D eigenvalue weighted by molar-refractivity contribution is 9.10. The molecule has 0 bridgehead atoms. The zero-order valence-electron chi connectivity index (χ0n) is 8.43. The van der Waals surface area contributed by atoms with Crippen LogP contribution in [0.2, 0.25) is 10.0 Å². The number of rotatable bonds is 3. The number of carbonyl (C=O) groups is 1. The van der Waals surface area contributed by atoms with E-state index in [0.717, 1.165) is 5.56 Å². The van der Waals surface area contributed by atoms with E-state index >= 15 is 0 Å². The van der Waals surface area contributed by atoms with Gasteiger partial charge < -0.3 is 0 Å². The molecule has 0 spiro atoms. The molecule has 1 rings (SSSR count). The lowest BCUT2D eigenvalue weighted by atomic mass is 9.96. The third kappa shape index (κ3) is 3.47. The van der Waals surface area contributed by atoms with Crippen molar-refractivity contribution in [3.63, 3.8) is 0 Å². The predicted molar refractivity (Wildman–Crippen MR) is 68.3 cm³/mol. The molecule has 1 nitrogen and oxygen atoms in total. The Kier molecular flexibility index (Phi) is 4.63. The quantitative estimate of drug-likeness (QED) is 0.754. The number of hydrogen-bond donors (Lipinski definition) is 0. The SMILES string of the molecule is CC(=O)C(Br)C(C)c1cc(Cl)cc(Cl)c1. The molecule has 2 unspecified atom stereocenters. The normalized spacial score (nSPS) is 14.7. The minimum absolute atomic E-state index is 0.0544. The van der Waals surface area contributed by atoms with Gasteiger partial charge >= 0.3 is 0 Å². The summed E-state index contributed by atoms with van der Waals surface area (Å²) in [7, 11) is 0. The van der Waals surface area contributed by atoms with Crippen LogP contribution < -0.4 is 0 Å². The van der Waals surface area contributed by atoms with E-state index in [-0.39, 0.29) is 16.5 Å². The van der Waals surface area contributed by atoms with E-state index in [9.17, 15) is 4.79 Å². The van der Waals surface area contributed by atoms with E-state index < -0.39 is 0 Å². The summed E-state index contributed by atoms with van der Waals surface area (Å²) in [5.74, 6) is 0.150. The van der Waals surface area contributed by atoms with Gasteiger partial charge in [0.2, 0.25) is 0 Å². The summed E-state index contributed by atoms with van der Waals surface area (Å²) in [6.07, 6.45) is 0. The molecule has 0 radical (unpaired) electrons. The van der Waals surface area contributed by atoms with Crippen LogP contribution in [-0.2, 0) is 4.79 Å². The van der Waals surface area contributed by atoms with E-state index in [1.165, 1.54) is 0 Å². The van der Waals surface area contributed by atoms with Crippen LogP contribution in [0, 0.1) is 0 Å². The molecule has 0 saturated heterocycles. The number of carbonyl (C=O) groups excluding carboxylic acids is 1. The number of Topliss-reactive ketones (excluding diaryl/α,β-unsaturated/α-hetero) is 1. The number of ketones is 1. The van der Waals surface area contributed by atoms with Gasteiger partial charge in [0.25, 0.3) is 0 Å². The standard InChI is InChI=1S/C11H11BrCl2O/c1-6(11(12)7(2)15)8-3-9(13)5-10(14)4-8/h3-6,11H,1-2H3. The van der Waals surface area contributed by atoms with Crippen molar-refractivity contribution in [1.29, 1.82) is 0 Å². The topological polar surface area (TPSA) is 17.1 Å². The van der Waals surface area contributed by atoms with Crippen LogP contribution in [-0.4, -0.2) is 10.6 Å². The van der Waals surface area contributed by atoms with Crippen molar-refractivity contribution in [1.82, 2.24) is 0 Å². The third-order valence-electron chi connectivity index (χ3n) is 2.24. The van der Waals surface area contributed by atoms with E-state index in [1.807, 2.05) is 19.1 Å². The Balaban J connectivity index is 3.00. The van der Waals surface area contributed by atoms with E-state index in [2.05, 4.69) is 15.9 Å². The summed E-state index contributed by atoms with van der Waals surface area (Å²) in [5.41, 5.74) is 0.963. The minimum Gasteiger partial charge on any atom is -0.299 e. The molecular formula is C11H11BrCl2O. The summed E-state index contributed by atoms with van der Waals surface area (Å²) < 4.78 is 0. The van der Waals surface area contributed by atoms with Gasteiger partial charge in [-0.15, -0.1) is 0 Å². The van der Waals surface area contributed by atoms with Crippen LogP contribution >= 0.6 is 39.1 Å². The van der Waals surface area contributed by atoms with Crippen molar-refractivity contribution in [3.05, 3.63) is 33.8 Å². The second-order valence-electron chi connectivity index (χ2n) is 3.50. The summed E-state index contributed by atoms with van der Waals surface area (Å²) in [6.45, 7) is 3.52.